The third kappa shape index (κ3) is 3.48. The van der Waals surface area contributed by atoms with Crippen molar-refractivity contribution >= 4 is 11.6 Å². The van der Waals surface area contributed by atoms with Gasteiger partial charge in [-0.25, -0.2) is 9.97 Å². The van der Waals surface area contributed by atoms with Crippen LogP contribution in [-0.2, 0) is 0 Å². The molecule has 0 amide bonds. The lowest BCUT2D eigenvalue weighted by Gasteiger charge is -2.14. The van der Waals surface area contributed by atoms with Gasteiger partial charge in [-0.2, -0.15) is 0 Å². The molecule has 0 radical (unpaired) electrons. The van der Waals surface area contributed by atoms with Crippen molar-refractivity contribution < 1.29 is 4.74 Å². The first-order valence-electron chi connectivity index (χ1n) is 6.78. The summed E-state index contributed by atoms with van der Waals surface area (Å²) in [7, 11) is 0. The first-order valence-corrected chi connectivity index (χ1v) is 7.15. The van der Waals surface area contributed by atoms with Gasteiger partial charge in [0, 0.05) is 17.5 Å². The summed E-state index contributed by atoms with van der Waals surface area (Å²) in [5.41, 5.74) is 1.73. The summed E-state index contributed by atoms with van der Waals surface area (Å²) in [6.45, 7) is 8.10. The highest BCUT2D eigenvalue weighted by atomic mass is 35.5. The topological polar surface area (TPSA) is 35.0 Å². The standard InChI is InChI=1S/C16H19ClN2O/c1-10(2)16-18-13(9-15(17)19-16)12-7-5-6-8-14(12)20-11(3)4/h5-11H,1-4H3. The van der Waals surface area contributed by atoms with Crippen molar-refractivity contribution in [3.63, 3.8) is 0 Å². The van der Waals surface area contributed by atoms with Crippen molar-refractivity contribution in [1.29, 1.82) is 0 Å². The highest BCUT2D eigenvalue weighted by Gasteiger charge is 2.12. The molecule has 2 aromatic rings. The average Bonchev–Trinajstić information content (AvgIpc) is 2.37. The number of benzene rings is 1. The van der Waals surface area contributed by atoms with Crippen LogP contribution in [0, 0.1) is 0 Å². The molecule has 3 nitrogen and oxygen atoms in total. The summed E-state index contributed by atoms with van der Waals surface area (Å²) in [6.07, 6.45) is 0.109. The highest BCUT2D eigenvalue weighted by Crippen LogP contribution is 2.31. The molecule has 0 saturated heterocycles. The van der Waals surface area contributed by atoms with Crippen molar-refractivity contribution in [1.82, 2.24) is 9.97 Å². The van der Waals surface area contributed by atoms with Crippen molar-refractivity contribution in [3.05, 3.63) is 41.3 Å². The molecule has 0 aliphatic carbocycles. The molecule has 0 atom stereocenters. The molecule has 2 rings (SSSR count). The molecule has 20 heavy (non-hydrogen) atoms. The summed E-state index contributed by atoms with van der Waals surface area (Å²) < 4.78 is 5.84. The molecule has 0 aliphatic heterocycles. The lowest BCUT2D eigenvalue weighted by atomic mass is 10.1. The summed E-state index contributed by atoms with van der Waals surface area (Å²) in [5.74, 6) is 1.78. The molecule has 1 heterocycles. The Hall–Kier alpha value is -1.61. The van der Waals surface area contributed by atoms with E-state index in [1.165, 1.54) is 0 Å². The van der Waals surface area contributed by atoms with Gasteiger partial charge in [0.2, 0.25) is 0 Å². The Morgan fingerprint density at radius 1 is 1.05 bits per heavy atom. The molecule has 0 unspecified atom stereocenters. The predicted molar refractivity (Wildman–Crippen MR) is 82.3 cm³/mol. The normalized spacial score (nSPS) is 11.2. The highest BCUT2D eigenvalue weighted by molar-refractivity contribution is 6.29. The predicted octanol–water partition coefficient (Wildman–Crippen LogP) is 4.71. The maximum Gasteiger partial charge on any atom is 0.133 e. The van der Waals surface area contributed by atoms with Gasteiger partial charge in [0.1, 0.15) is 16.7 Å². The number of nitrogens with zero attached hydrogens (tertiary/aromatic N) is 2. The van der Waals surface area contributed by atoms with E-state index in [0.29, 0.717) is 5.15 Å². The molecule has 0 bridgehead atoms. The van der Waals surface area contributed by atoms with E-state index in [1.54, 1.807) is 6.07 Å². The fourth-order valence-electron chi connectivity index (χ4n) is 1.87. The zero-order valence-electron chi connectivity index (χ0n) is 12.2. The van der Waals surface area contributed by atoms with Gasteiger partial charge in [-0.15, -0.1) is 0 Å². The van der Waals surface area contributed by atoms with Crippen molar-refractivity contribution in [3.8, 4) is 17.0 Å². The van der Waals surface area contributed by atoms with Crippen LogP contribution in [-0.4, -0.2) is 16.1 Å². The summed E-state index contributed by atoms with van der Waals surface area (Å²) in [6, 6.07) is 9.62. The molecular weight excluding hydrogens is 272 g/mol. The van der Waals surface area contributed by atoms with Crippen molar-refractivity contribution in [2.24, 2.45) is 0 Å². The number of hydrogen-bond acceptors (Lipinski definition) is 3. The van der Waals surface area contributed by atoms with E-state index in [9.17, 15) is 0 Å². The van der Waals surface area contributed by atoms with Gasteiger partial charge in [0.25, 0.3) is 0 Å². The number of halogens is 1. The van der Waals surface area contributed by atoms with Crippen LogP contribution >= 0.6 is 11.6 Å². The second-order valence-corrected chi connectivity index (χ2v) is 5.64. The number of rotatable bonds is 4. The molecule has 0 saturated carbocycles. The van der Waals surface area contributed by atoms with Crippen LogP contribution in [0.3, 0.4) is 0 Å². The molecule has 0 N–H and O–H groups in total. The van der Waals surface area contributed by atoms with E-state index in [-0.39, 0.29) is 12.0 Å². The largest absolute Gasteiger partial charge is 0.490 e. The average molecular weight is 291 g/mol. The van der Waals surface area contributed by atoms with Crippen LogP contribution < -0.4 is 4.74 Å². The molecule has 1 aromatic heterocycles. The Balaban J connectivity index is 2.51. The van der Waals surface area contributed by atoms with Gasteiger partial charge in [-0.3, -0.25) is 0 Å². The summed E-state index contributed by atoms with van der Waals surface area (Å²) >= 11 is 6.11. The van der Waals surface area contributed by atoms with E-state index in [1.807, 2.05) is 52.0 Å². The maximum absolute atomic E-state index is 6.11. The second kappa shape index (κ2) is 6.23. The molecule has 0 spiro atoms. The number of hydrogen-bond donors (Lipinski definition) is 0. The maximum atomic E-state index is 6.11. The van der Waals surface area contributed by atoms with Crippen LogP contribution in [0.25, 0.3) is 11.3 Å². The minimum atomic E-state index is 0.109. The quantitative estimate of drug-likeness (QED) is 0.765. The third-order valence-electron chi connectivity index (χ3n) is 2.75. The van der Waals surface area contributed by atoms with Gasteiger partial charge >= 0.3 is 0 Å². The van der Waals surface area contributed by atoms with Gasteiger partial charge in [-0.05, 0) is 26.0 Å². The lowest BCUT2D eigenvalue weighted by molar-refractivity contribution is 0.243. The number of para-hydroxylation sites is 1. The third-order valence-corrected chi connectivity index (χ3v) is 2.95. The number of aromatic nitrogens is 2. The van der Waals surface area contributed by atoms with E-state index in [0.717, 1.165) is 22.8 Å². The molecule has 1 aromatic carbocycles. The Bertz CT molecular complexity index is 597. The molecular formula is C16H19ClN2O. The summed E-state index contributed by atoms with van der Waals surface area (Å²) in [4.78, 5) is 8.86. The van der Waals surface area contributed by atoms with E-state index in [4.69, 9.17) is 16.3 Å². The zero-order chi connectivity index (χ0) is 14.7. The van der Waals surface area contributed by atoms with Crippen LogP contribution in [0.2, 0.25) is 5.15 Å². The van der Waals surface area contributed by atoms with Crippen LogP contribution in [0.4, 0.5) is 0 Å². The van der Waals surface area contributed by atoms with Crippen LogP contribution in [0.15, 0.2) is 30.3 Å². The van der Waals surface area contributed by atoms with Gasteiger partial charge in [-0.1, -0.05) is 37.6 Å². The smallest absolute Gasteiger partial charge is 0.133 e. The van der Waals surface area contributed by atoms with Crippen molar-refractivity contribution in [2.45, 2.75) is 39.7 Å². The second-order valence-electron chi connectivity index (χ2n) is 5.25. The molecule has 0 aliphatic rings. The Morgan fingerprint density at radius 3 is 2.40 bits per heavy atom. The number of ether oxygens (including phenoxy) is 1. The molecule has 106 valence electrons. The molecule has 4 heteroatoms. The minimum Gasteiger partial charge on any atom is -0.490 e. The minimum absolute atomic E-state index is 0.109. The van der Waals surface area contributed by atoms with E-state index in [2.05, 4.69) is 9.97 Å². The first kappa shape index (κ1) is 14.8. The van der Waals surface area contributed by atoms with Crippen molar-refractivity contribution in [2.75, 3.05) is 0 Å². The van der Waals surface area contributed by atoms with Gasteiger partial charge < -0.3 is 4.74 Å². The monoisotopic (exact) mass is 290 g/mol. The SMILES string of the molecule is CC(C)Oc1ccccc1-c1cc(Cl)nc(C(C)C)n1. The summed E-state index contributed by atoms with van der Waals surface area (Å²) in [5, 5.41) is 0.457. The van der Waals surface area contributed by atoms with Gasteiger partial charge in [0.05, 0.1) is 11.8 Å². The fourth-order valence-corrected chi connectivity index (χ4v) is 2.06. The van der Waals surface area contributed by atoms with Crippen LogP contribution in [0.5, 0.6) is 5.75 Å². The first-order chi connectivity index (χ1) is 9.47. The fraction of sp³-hybridized carbons (Fsp3) is 0.375. The van der Waals surface area contributed by atoms with E-state index >= 15 is 0 Å². The lowest BCUT2D eigenvalue weighted by Crippen LogP contribution is -2.07. The zero-order valence-corrected chi connectivity index (χ0v) is 13.0. The van der Waals surface area contributed by atoms with Gasteiger partial charge in [0.15, 0.2) is 0 Å². The van der Waals surface area contributed by atoms with Crippen LogP contribution in [0.1, 0.15) is 39.4 Å². The Morgan fingerprint density at radius 2 is 1.75 bits per heavy atom. The Kier molecular flexibility index (Phi) is 4.61. The molecule has 0 fully saturated rings. The van der Waals surface area contributed by atoms with E-state index < -0.39 is 0 Å². The Labute approximate surface area is 125 Å².